The van der Waals surface area contributed by atoms with Crippen molar-refractivity contribution in [2.75, 3.05) is 6.61 Å². The zero-order chi connectivity index (χ0) is 17.7. The molecule has 0 saturated heterocycles. The molecule has 2 aromatic rings. The van der Waals surface area contributed by atoms with Crippen LogP contribution in [0.1, 0.15) is 37.7 Å². The highest BCUT2D eigenvalue weighted by Gasteiger charge is 2.20. The van der Waals surface area contributed by atoms with E-state index in [-0.39, 0.29) is 30.9 Å². The smallest absolute Gasteiger partial charge is 0.312 e. The van der Waals surface area contributed by atoms with Gasteiger partial charge in [-0.1, -0.05) is 0 Å². The van der Waals surface area contributed by atoms with Gasteiger partial charge in [-0.05, 0) is 31.2 Å². The number of amides is 1. The van der Waals surface area contributed by atoms with E-state index < -0.39 is 17.7 Å². The number of carbonyl (C=O) groups excluding carboxylic acids is 3. The first kappa shape index (κ1) is 17.7. The first-order valence-corrected chi connectivity index (χ1v) is 7.95. The number of ketones is 1. The molecular weight excluding hydrogens is 335 g/mol. The normalized spacial score (nSPS) is 10.4. The van der Waals surface area contributed by atoms with Crippen LogP contribution in [0.5, 0.6) is 0 Å². The highest BCUT2D eigenvalue weighted by molar-refractivity contribution is 7.12. The predicted octanol–water partition coefficient (Wildman–Crippen LogP) is 1.91. The summed E-state index contributed by atoms with van der Waals surface area (Å²) >= 11 is 1.06. The second kappa shape index (κ2) is 7.78. The third kappa shape index (κ3) is 4.45. The number of primary amides is 1. The summed E-state index contributed by atoms with van der Waals surface area (Å²) in [6.45, 7) is 1.92. The minimum atomic E-state index is -0.775. The third-order valence-corrected chi connectivity index (χ3v) is 4.12. The van der Waals surface area contributed by atoms with E-state index in [0.717, 1.165) is 11.3 Å². The summed E-state index contributed by atoms with van der Waals surface area (Å²) in [5.74, 6) is -2.00. The van der Waals surface area contributed by atoms with Gasteiger partial charge in [0.05, 0.1) is 13.0 Å². The lowest BCUT2D eigenvalue weighted by Crippen LogP contribution is -2.15. The Morgan fingerprint density at radius 1 is 1.21 bits per heavy atom. The third-order valence-electron chi connectivity index (χ3n) is 3.06. The average molecular weight is 350 g/mol. The largest absolute Gasteiger partial charge is 0.466 e. The van der Waals surface area contributed by atoms with Crippen molar-refractivity contribution < 1.29 is 23.5 Å². The zero-order valence-electron chi connectivity index (χ0n) is 12.9. The molecule has 1 amide bonds. The van der Waals surface area contributed by atoms with Crippen LogP contribution in [0.25, 0.3) is 0 Å². The maximum absolute atomic E-state index is 12.9. The number of nitrogens with two attached hydrogens (primary N) is 1. The van der Waals surface area contributed by atoms with Crippen LogP contribution < -0.4 is 5.73 Å². The Hall–Kier alpha value is -2.61. The lowest BCUT2D eigenvalue weighted by molar-refractivity contribution is -0.142. The van der Waals surface area contributed by atoms with E-state index in [9.17, 15) is 18.8 Å². The van der Waals surface area contributed by atoms with Crippen molar-refractivity contribution in [2.24, 2.45) is 5.73 Å². The number of aromatic nitrogens is 1. The maximum atomic E-state index is 12.9. The summed E-state index contributed by atoms with van der Waals surface area (Å²) in [4.78, 5) is 39.6. The fourth-order valence-corrected chi connectivity index (χ4v) is 3.07. The number of thiazole rings is 1. The summed E-state index contributed by atoms with van der Waals surface area (Å²) in [6, 6.07) is 5.09. The van der Waals surface area contributed by atoms with Gasteiger partial charge in [0.1, 0.15) is 16.5 Å². The van der Waals surface area contributed by atoms with Gasteiger partial charge in [0.2, 0.25) is 0 Å². The van der Waals surface area contributed by atoms with E-state index >= 15 is 0 Å². The number of nitrogens with zero attached hydrogens (tertiary/aromatic N) is 1. The van der Waals surface area contributed by atoms with E-state index in [1.54, 1.807) is 6.92 Å². The van der Waals surface area contributed by atoms with E-state index in [2.05, 4.69) is 4.98 Å². The summed E-state index contributed by atoms with van der Waals surface area (Å²) in [7, 11) is 0. The topological polar surface area (TPSA) is 99.3 Å². The van der Waals surface area contributed by atoms with Gasteiger partial charge in [-0.3, -0.25) is 14.4 Å². The Bertz CT molecular complexity index is 771. The van der Waals surface area contributed by atoms with Gasteiger partial charge in [-0.15, -0.1) is 11.3 Å². The molecule has 1 aromatic carbocycles. The number of ether oxygens (including phenoxy) is 1. The number of hydrogen-bond donors (Lipinski definition) is 1. The van der Waals surface area contributed by atoms with Crippen LogP contribution in [0.15, 0.2) is 24.3 Å². The van der Waals surface area contributed by atoms with Crippen LogP contribution in [-0.2, 0) is 22.4 Å². The van der Waals surface area contributed by atoms with Gasteiger partial charge in [0, 0.05) is 16.9 Å². The van der Waals surface area contributed by atoms with Crippen LogP contribution in [-0.4, -0.2) is 29.3 Å². The maximum Gasteiger partial charge on any atom is 0.312 e. The molecule has 0 spiro atoms. The van der Waals surface area contributed by atoms with E-state index in [0.29, 0.717) is 15.4 Å². The molecule has 24 heavy (non-hydrogen) atoms. The number of carbonyl (C=O) groups is 3. The number of rotatable bonds is 7. The molecule has 0 radical (unpaired) electrons. The Balaban J connectivity index is 2.20. The number of hydrogen-bond acceptors (Lipinski definition) is 6. The minimum absolute atomic E-state index is 0.0326. The Labute approximate surface area is 141 Å². The van der Waals surface area contributed by atoms with E-state index in [4.69, 9.17) is 10.5 Å². The number of esters is 1. The van der Waals surface area contributed by atoms with Gasteiger partial charge in [-0.2, -0.15) is 0 Å². The van der Waals surface area contributed by atoms with Crippen LogP contribution in [0.3, 0.4) is 0 Å². The van der Waals surface area contributed by atoms with E-state index in [1.165, 1.54) is 24.3 Å². The van der Waals surface area contributed by atoms with Gasteiger partial charge >= 0.3 is 5.97 Å². The Morgan fingerprint density at radius 3 is 2.46 bits per heavy atom. The molecule has 0 bridgehead atoms. The van der Waals surface area contributed by atoms with Gasteiger partial charge in [-0.25, -0.2) is 9.37 Å². The fourth-order valence-electron chi connectivity index (χ4n) is 2.01. The minimum Gasteiger partial charge on any atom is -0.466 e. The van der Waals surface area contributed by atoms with Gasteiger partial charge in [0.15, 0.2) is 5.78 Å². The van der Waals surface area contributed by atoms with Crippen molar-refractivity contribution >= 4 is 29.0 Å². The molecule has 8 heteroatoms. The monoisotopic (exact) mass is 350 g/mol. The molecule has 2 rings (SSSR count). The molecule has 2 N–H and O–H groups in total. The molecule has 0 saturated carbocycles. The number of Topliss-reactive ketones (excluding diaryl/α,β-unsaturated/α-hetero) is 1. The zero-order valence-corrected chi connectivity index (χ0v) is 13.7. The van der Waals surface area contributed by atoms with Crippen molar-refractivity contribution in [1.82, 2.24) is 4.98 Å². The molecule has 0 aliphatic rings. The van der Waals surface area contributed by atoms with Gasteiger partial charge in [0.25, 0.3) is 5.91 Å². The van der Waals surface area contributed by atoms with Crippen molar-refractivity contribution in [2.45, 2.75) is 19.8 Å². The highest BCUT2D eigenvalue weighted by atomic mass is 32.1. The van der Waals surface area contributed by atoms with Crippen molar-refractivity contribution in [3.05, 3.63) is 51.2 Å². The van der Waals surface area contributed by atoms with Crippen LogP contribution in [0.4, 0.5) is 4.39 Å². The van der Waals surface area contributed by atoms with Crippen molar-refractivity contribution in [3.8, 4) is 0 Å². The van der Waals surface area contributed by atoms with E-state index in [1.807, 2.05) is 0 Å². The quantitative estimate of drug-likeness (QED) is 0.607. The SMILES string of the molecule is CCOC(=O)Cc1nc(C(N)=O)c(CC(=O)c2ccc(F)cc2)s1. The first-order chi connectivity index (χ1) is 11.4. The molecule has 126 valence electrons. The van der Waals surface area contributed by atoms with Crippen LogP contribution >= 0.6 is 11.3 Å². The first-order valence-electron chi connectivity index (χ1n) is 7.13. The van der Waals surface area contributed by atoms with Crippen molar-refractivity contribution in [3.63, 3.8) is 0 Å². The molecule has 0 fully saturated rings. The molecule has 0 unspecified atom stereocenters. The fraction of sp³-hybridized carbons (Fsp3) is 0.250. The van der Waals surface area contributed by atoms with Crippen LogP contribution in [0, 0.1) is 5.82 Å². The molecule has 0 aliphatic heterocycles. The summed E-state index contributed by atoms with van der Waals surface area (Å²) < 4.78 is 17.7. The molecule has 1 heterocycles. The summed E-state index contributed by atoms with van der Waals surface area (Å²) in [5.41, 5.74) is 5.56. The molecule has 1 aromatic heterocycles. The Kier molecular flexibility index (Phi) is 5.75. The lowest BCUT2D eigenvalue weighted by atomic mass is 10.1. The Morgan fingerprint density at radius 2 is 1.88 bits per heavy atom. The number of benzene rings is 1. The second-order valence-electron chi connectivity index (χ2n) is 4.83. The highest BCUT2D eigenvalue weighted by Crippen LogP contribution is 2.21. The molecule has 0 aliphatic carbocycles. The molecule has 6 nitrogen and oxygen atoms in total. The standard InChI is InChI=1S/C16H15FN2O4S/c1-2-23-14(21)8-13-19-15(16(18)22)12(24-13)7-11(20)9-3-5-10(17)6-4-9/h3-6H,2,7-8H2,1H3,(H2,18,22). The molecule has 0 atom stereocenters. The summed E-state index contributed by atoms with van der Waals surface area (Å²) in [5, 5.41) is 0.351. The summed E-state index contributed by atoms with van der Waals surface area (Å²) in [6.07, 6.45) is -0.200. The van der Waals surface area contributed by atoms with Gasteiger partial charge < -0.3 is 10.5 Å². The van der Waals surface area contributed by atoms with Crippen molar-refractivity contribution in [1.29, 1.82) is 0 Å². The second-order valence-corrected chi connectivity index (χ2v) is 6.00. The predicted molar refractivity (Wildman–Crippen MR) is 85.4 cm³/mol. The molecular formula is C16H15FN2O4S. The number of halogens is 1. The lowest BCUT2D eigenvalue weighted by Gasteiger charge is -2.00. The van der Waals surface area contributed by atoms with Crippen LogP contribution in [0.2, 0.25) is 0 Å². The average Bonchev–Trinajstić information content (AvgIpc) is 2.90.